The van der Waals surface area contributed by atoms with Gasteiger partial charge in [0.15, 0.2) is 11.5 Å². The quantitative estimate of drug-likeness (QED) is 0.750. The Morgan fingerprint density at radius 2 is 1.96 bits per heavy atom. The fourth-order valence-electron chi connectivity index (χ4n) is 3.46. The third kappa shape index (κ3) is 2.27. The summed E-state index contributed by atoms with van der Waals surface area (Å²) in [4.78, 5) is 12.2. The molecule has 0 radical (unpaired) electrons. The minimum absolute atomic E-state index is 0.00479. The molecule has 0 aromatic heterocycles. The minimum Gasteiger partial charge on any atom is -0.504 e. The lowest BCUT2D eigenvalue weighted by molar-refractivity contribution is -0.116. The molecule has 4 rings (SSSR count). The van der Waals surface area contributed by atoms with Crippen molar-refractivity contribution in [3.05, 3.63) is 65.7 Å². The molecule has 1 amide bonds. The number of hydrogen-bond acceptors (Lipinski definition) is 3. The Hall–Kier alpha value is -3.01. The maximum atomic E-state index is 12.2. The molecule has 1 unspecified atom stereocenters. The number of rotatable bonds is 2. The number of methoxy groups -OCH3 is 1. The summed E-state index contributed by atoms with van der Waals surface area (Å²) in [5, 5.41) is 15.1. The molecule has 24 heavy (non-hydrogen) atoms. The van der Waals surface area contributed by atoms with Gasteiger partial charge in [0, 0.05) is 18.0 Å². The van der Waals surface area contributed by atoms with E-state index in [2.05, 4.69) is 17.4 Å². The average Bonchev–Trinajstić information content (AvgIpc) is 2.61. The zero-order valence-corrected chi connectivity index (χ0v) is 13.2. The van der Waals surface area contributed by atoms with E-state index in [4.69, 9.17) is 4.74 Å². The maximum absolute atomic E-state index is 12.2. The lowest BCUT2D eigenvalue weighted by Crippen LogP contribution is -2.23. The third-order valence-corrected chi connectivity index (χ3v) is 4.59. The molecular formula is C20H17NO3. The Balaban J connectivity index is 1.95. The van der Waals surface area contributed by atoms with E-state index in [0.717, 1.165) is 27.6 Å². The van der Waals surface area contributed by atoms with Crippen molar-refractivity contribution in [1.29, 1.82) is 0 Å². The van der Waals surface area contributed by atoms with Crippen molar-refractivity contribution >= 4 is 22.4 Å². The molecule has 1 aliphatic heterocycles. The highest BCUT2D eigenvalue weighted by Gasteiger charge is 2.28. The van der Waals surface area contributed by atoms with Gasteiger partial charge in [-0.25, -0.2) is 0 Å². The van der Waals surface area contributed by atoms with E-state index in [9.17, 15) is 9.90 Å². The van der Waals surface area contributed by atoms with Crippen LogP contribution in [0.25, 0.3) is 10.8 Å². The van der Waals surface area contributed by atoms with E-state index in [1.807, 2.05) is 36.4 Å². The van der Waals surface area contributed by atoms with Crippen molar-refractivity contribution in [3.63, 3.8) is 0 Å². The molecule has 1 atom stereocenters. The van der Waals surface area contributed by atoms with Crippen LogP contribution in [0.5, 0.6) is 11.5 Å². The van der Waals surface area contributed by atoms with Crippen molar-refractivity contribution in [2.24, 2.45) is 0 Å². The van der Waals surface area contributed by atoms with Gasteiger partial charge in [-0.15, -0.1) is 0 Å². The molecule has 2 N–H and O–H groups in total. The Morgan fingerprint density at radius 1 is 1.12 bits per heavy atom. The van der Waals surface area contributed by atoms with E-state index in [1.54, 1.807) is 6.07 Å². The Kier molecular flexibility index (Phi) is 3.38. The summed E-state index contributed by atoms with van der Waals surface area (Å²) in [7, 11) is 1.52. The van der Waals surface area contributed by atoms with Gasteiger partial charge in [0.1, 0.15) is 0 Å². The van der Waals surface area contributed by atoms with Gasteiger partial charge in [-0.1, -0.05) is 36.4 Å². The van der Waals surface area contributed by atoms with Gasteiger partial charge in [0.25, 0.3) is 0 Å². The van der Waals surface area contributed by atoms with Crippen molar-refractivity contribution in [3.8, 4) is 11.5 Å². The zero-order valence-electron chi connectivity index (χ0n) is 13.2. The highest BCUT2D eigenvalue weighted by molar-refractivity contribution is 6.01. The summed E-state index contributed by atoms with van der Waals surface area (Å²) in [5.41, 5.74) is 2.92. The second-order valence-electron chi connectivity index (χ2n) is 5.98. The van der Waals surface area contributed by atoms with Crippen LogP contribution in [0, 0.1) is 0 Å². The topological polar surface area (TPSA) is 58.6 Å². The number of hydrogen-bond donors (Lipinski definition) is 2. The number of phenols is 1. The van der Waals surface area contributed by atoms with Crippen molar-refractivity contribution < 1.29 is 14.6 Å². The number of phenolic OH excluding ortho intramolecular Hbond substituents is 1. The molecule has 3 aromatic carbocycles. The van der Waals surface area contributed by atoms with Gasteiger partial charge in [0.2, 0.25) is 5.91 Å². The lowest BCUT2D eigenvalue weighted by Gasteiger charge is -2.28. The summed E-state index contributed by atoms with van der Waals surface area (Å²) < 4.78 is 5.23. The summed E-state index contributed by atoms with van der Waals surface area (Å²) in [6.07, 6.45) is 0.370. The SMILES string of the molecule is COc1cc(C2CC(=O)Nc3ccc4ccccc4c32)ccc1O. The molecule has 0 spiro atoms. The van der Waals surface area contributed by atoms with Crippen LogP contribution in [0.3, 0.4) is 0 Å². The zero-order chi connectivity index (χ0) is 16.7. The molecule has 0 fully saturated rings. The van der Waals surface area contributed by atoms with E-state index >= 15 is 0 Å². The van der Waals surface area contributed by atoms with Crippen molar-refractivity contribution in [2.45, 2.75) is 12.3 Å². The highest BCUT2D eigenvalue weighted by atomic mass is 16.5. The number of aromatic hydroxyl groups is 1. The van der Waals surface area contributed by atoms with Crippen molar-refractivity contribution in [1.82, 2.24) is 0 Å². The number of nitrogens with one attached hydrogen (secondary N) is 1. The number of benzene rings is 3. The maximum Gasteiger partial charge on any atom is 0.225 e. The van der Waals surface area contributed by atoms with Crippen LogP contribution < -0.4 is 10.1 Å². The molecule has 4 heteroatoms. The lowest BCUT2D eigenvalue weighted by atomic mass is 9.82. The van der Waals surface area contributed by atoms with Crippen molar-refractivity contribution in [2.75, 3.05) is 12.4 Å². The standard InChI is InChI=1S/C20H17NO3/c1-24-18-10-13(7-9-17(18)22)15-11-19(23)21-16-8-6-12-4-2-3-5-14(12)20(15)16/h2-10,15,22H,11H2,1H3,(H,21,23). The molecule has 4 nitrogen and oxygen atoms in total. The Bertz CT molecular complexity index is 949. The van der Waals surface area contributed by atoms with Crippen LogP contribution in [0.1, 0.15) is 23.5 Å². The normalized spacial score (nSPS) is 16.5. The fraction of sp³-hybridized carbons (Fsp3) is 0.150. The number of amides is 1. The number of anilines is 1. The highest BCUT2D eigenvalue weighted by Crippen LogP contribution is 2.43. The number of ether oxygens (including phenoxy) is 1. The van der Waals surface area contributed by atoms with Crippen LogP contribution in [0.2, 0.25) is 0 Å². The first-order chi connectivity index (χ1) is 11.7. The van der Waals surface area contributed by atoms with Gasteiger partial charge in [0.05, 0.1) is 7.11 Å². The van der Waals surface area contributed by atoms with Gasteiger partial charge >= 0.3 is 0 Å². The van der Waals surface area contributed by atoms with Crippen LogP contribution in [0.4, 0.5) is 5.69 Å². The monoisotopic (exact) mass is 319 g/mol. The van der Waals surface area contributed by atoms with Crippen LogP contribution >= 0.6 is 0 Å². The molecule has 0 bridgehead atoms. The van der Waals surface area contributed by atoms with E-state index in [-0.39, 0.29) is 17.6 Å². The minimum atomic E-state index is -0.0747. The molecule has 0 aliphatic carbocycles. The van der Waals surface area contributed by atoms with Gasteiger partial charge in [-0.2, -0.15) is 0 Å². The molecule has 1 heterocycles. The summed E-state index contributed by atoms with van der Waals surface area (Å²) in [6.45, 7) is 0. The predicted octanol–water partition coefficient (Wildman–Crippen LogP) is 4.03. The number of carbonyl (C=O) groups excluding carboxylic acids is 1. The van der Waals surface area contributed by atoms with Crippen LogP contribution in [0.15, 0.2) is 54.6 Å². The first-order valence-electron chi connectivity index (χ1n) is 7.86. The number of carbonyl (C=O) groups is 1. The molecule has 1 aliphatic rings. The van der Waals surface area contributed by atoms with Gasteiger partial charge in [-0.05, 0) is 40.1 Å². The first kappa shape index (κ1) is 14.6. The fourth-order valence-corrected chi connectivity index (χ4v) is 3.46. The summed E-state index contributed by atoms with van der Waals surface area (Å²) in [6, 6.07) is 17.4. The molecule has 3 aromatic rings. The second-order valence-corrected chi connectivity index (χ2v) is 5.98. The van der Waals surface area contributed by atoms with E-state index < -0.39 is 0 Å². The van der Waals surface area contributed by atoms with Gasteiger partial charge in [-0.3, -0.25) is 4.79 Å². The van der Waals surface area contributed by atoms with E-state index in [0.29, 0.717) is 12.2 Å². The Labute approximate surface area is 139 Å². The summed E-state index contributed by atoms with van der Waals surface area (Å²) in [5.74, 6) is 0.434. The molecule has 0 saturated heterocycles. The van der Waals surface area contributed by atoms with Crippen LogP contribution in [-0.4, -0.2) is 18.1 Å². The smallest absolute Gasteiger partial charge is 0.225 e. The second kappa shape index (κ2) is 5.57. The van der Waals surface area contributed by atoms with Crippen LogP contribution in [-0.2, 0) is 4.79 Å². The first-order valence-corrected chi connectivity index (χ1v) is 7.86. The largest absolute Gasteiger partial charge is 0.504 e. The Morgan fingerprint density at radius 3 is 2.79 bits per heavy atom. The predicted molar refractivity (Wildman–Crippen MR) is 93.7 cm³/mol. The average molecular weight is 319 g/mol. The summed E-state index contributed by atoms with van der Waals surface area (Å²) >= 11 is 0. The molecule has 0 saturated carbocycles. The number of fused-ring (bicyclic) bond motifs is 3. The third-order valence-electron chi connectivity index (χ3n) is 4.59. The van der Waals surface area contributed by atoms with E-state index in [1.165, 1.54) is 7.11 Å². The molecular weight excluding hydrogens is 302 g/mol. The molecule has 120 valence electrons. The van der Waals surface area contributed by atoms with Gasteiger partial charge < -0.3 is 15.2 Å².